The van der Waals surface area contributed by atoms with Crippen LogP contribution in [0.1, 0.15) is 43.7 Å². The Hall–Kier alpha value is -0.900. The van der Waals surface area contributed by atoms with Crippen molar-refractivity contribution in [3.63, 3.8) is 0 Å². The van der Waals surface area contributed by atoms with Crippen LogP contribution in [-0.4, -0.2) is 24.0 Å². The highest BCUT2D eigenvalue weighted by molar-refractivity contribution is 7.17. The molecule has 1 saturated heterocycles. The zero-order valence-electron chi connectivity index (χ0n) is 12.5. The number of hydrogen-bond acceptors (Lipinski definition) is 3. The first kappa shape index (κ1) is 13.7. The molecule has 2 fully saturated rings. The fourth-order valence-corrected chi connectivity index (χ4v) is 5.53. The fraction of sp³-hybridized carbons (Fsp3) is 0.556. The SMILES string of the molecule is NCC(c1csc2ccccc12)N1CCC2CCCCC21. The molecule has 0 bridgehead atoms. The second-order valence-corrected chi connectivity index (χ2v) is 7.49. The van der Waals surface area contributed by atoms with Crippen LogP contribution in [0.2, 0.25) is 0 Å². The number of hydrogen-bond donors (Lipinski definition) is 1. The highest BCUT2D eigenvalue weighted by Crippen LogP contribution is 2.42. The minimum atomic E-state index is 0.411. The van der Waals surface area contributed by atoms with Gasteiger partial charge in [-0.3, -0.25) is 4.90 Å². The summed E-state index contributed by atoms with van der Waals surface area (Å²) >= 11 is 1.86. The summed E-state index contributed by atoms with van der Waals surface area (Å²) in [7, 11) is 0. The number of nitrogens with zero attached hydrogens (tertiary/aromatic N) is 1. The average Bonchev–Trinajstić information content (AvgIpc) is 3.14. The van der Waals surface area contributed by atoms with E-state index in [0.29, 0.717) is 6.04 Å². The molecular formula is C18H24N2S. The molecule has 112 valence electrons. The monoisotopic (exact) mass is 300 g/mol. The molecule has 1 aliphatic carbocycles. The van der Waals surface area contributed by atoms with Crippen LogP contribution in [0.4, 0.5) is 0 Å². The number of fused-ring (bicyclic) bond motifs is 2. The van der Waals surface area contributed by atoms with E-state index in [2.05, 4.69) is 34.5 Å². The van der Waals surface area contributed by atoms with Crippen LogP contribution >= 0.6 is 11.3 Å². The molecule has 1 saturated carbocycles. The minimum absolute atomic E-state index is 0.411. The molecule has 0 amide bonds. The van der Waals surface area contributed by atoms with E-state index in [-0.39, 0.29) is 0 Å². The van der Waals surface area contributed by atoms with Gasteiger partial charge in [-0.1, -0.05) is 31.0 Å². The zero-order valence-corrected chi connectivity index (χ0v) is 13.3. The Labute approximate surface area is 130 Å². The normalized spacial score (nSPS) is 27.9. The second-order valence-electron chi connectivity index (χ2n) is 6.58. The molecule has 1 aromatic heterocycles. The average molecular weight is 300 g/mol. The Balaban J connectivity index is 1.68. The Morgan fingerprint density at radius 1 is 1.19 bits per heavy atom. The van der Waals surface area contributed by atoms with E-state index >= 15 is 0 Å². The molecule has 0 radical (unpaired) electrons. The largest absolute Gasteiger partial charge is 0.329 e. The summed E-state index contributed by atoms with van der Waals surface area (Å²) in [6.07, 6.45) is 7.03. The first-order chi connectivity index (χ1) is 10.4. The van der Waals surface area contributed by atoms with Gasteiger partial charge in [0.05, 0.1) is 0 Å². The van der Waals surface area contributed by atoms with Crippen LogP contribution in [0.3, 0.4) is 0 Å². The Morgan fingerprint density at radius 3 is 2.95 bits per heavy atom. The van der Waals surface area contributed by atoms with Gasteiger partial charge < -0.3 is 5.73 Å². The highest BCUT2D eigenvalue weighted by Gasteiger charge is 2.39. The number of nitrogens with two attached hydrogens (primary N) is 1. The maximum atomic E-state index is 6.22. The van der Waals surface area contributed by atoms with Gasteiger partial charge in [-0.05, 0) is 54.1 Å². The number of benzene rings is 1. The highest BCUT2D eigenvalue weighted by atomic mass is 32.1. The Morgan fingerprint density at radius 2 is 2.05 bits per heavy atom. The molecule has 4 rings (SSSR count). The first-order valence-corrected chi connectivity index (χ1v) is 9.18. The summed E-state index contributed by atoms with van der Waals surface area (Å²) in [5.41, 5.74) is 7.68. The lowest BCUT2D eigenvalue weighted by Gasteiger charge is -2.36. The molecule has 2 heterocycles. The van der Waals surface area contributed by atoms with Crippen molar-refractivity contribution < 1.29 is 0 Å². The number of rotatable bonds is 3. The van der Waals surface area contributed by atoms with Crippen molar-refractivity contribution in [3.8, 4) is 0 Å². The van der Waals surface area contributed by atoms with Crippen molar-refractivity contribution in [1.82, 2.24) is 4.90 Å². The van der Waals surface area contributed by atoms with Crippen LogP contribution in [0.5, 0.6) is 0 Å². The van der Waals surface area contributed by atoms with E-state index in [9.17, 15) is 0 Å². The first-order valence-electron chi connectivity index (χ1n) is 8.30. The third kappa shape index (κ3) is 2.32. The molecule has 21 heavy (non-hydrogen) atoms. The third-order valence-electron chi connectivity index (χ3n) is 5.55. The van der Waals surface area contributed by atoms with Crippen molar-refractivity contribution in [3.05, 3.63) is 35.2 Å². The van der Waals surface area contributed by atoms with Gasteiger partial charge in [0.25, 0.3) is 0 Å². The van der Waals surface area contributed by atoms with Gasteiger partial charge >= 0.3 is 0 Å². The standard InChI is InChI=1S/C18H24N2S/c19-11-17(15-12-21-18-8-4-2-6-14(15)18)20-10-9-13-5-1-3-7-16(13)20/h2,4,6,8,12-13,16-17H,1,3,5,7,9-11,19H2. The lowest BCUT2D eigenvalue weighted by Crippen LogP contribution is -2.40. The molecule has 1 aromatic carbocycles. The lowest BCUT2D eigenvalue weighted by atomic mass is 9.84. The Bertz CT molecular complexity index is 620. The summed E-state index contributed by atoms with van der Waals surface area (Å²) in [6, 6.07) is 9.97. The molecule has 2 aromatic rings. The van der Waals surface area contributed by atoms with E-state index in [1.54, 1.807) is 0 Å². The Kier molecular flexibility index (Phi) is 3.74. The van der Waals surface area contributed by atoms with E-state index < -0.39 is 0 Å². The smallest absolute Gasteiger partial charge is 0.0487 e. The van der Waals surface area contributed by atoms with Gasteiger partial charge in [-0.25, -0.2) is 0 Å². The molecule has 2 aliphatic rings. The summed E-state index contributed by atoms with van der Waals surface area (Å²) < 4.78 is 1.39. The van der Waals surface area contributed by atoms with Gasteiger partial charge in [0.2, 0.25) is 0 Å². The third-order valence-corrected chi connectivity index (χ3v) is 6.53. The molecule has 3 atom stereocenters. The summed E-state index contributed by atoms with van der Waals surface area (Å²) in [5.74, 6) is 0.928. The minimum Gasteiger partial charge on any atom is -0.329 e. The predicted molar refractivity (Wildman–Crippen MR) is 90.7 cm³/mol. The summed E-state index contributed by atoms with van der Waals surface area (Å²) in [5, 5.41) is 3.76. The van der Waals surface area contributed by atoms with E-state index in [0.717, 1.165) is 18.5 Å². The van der Waals surface area contributed by atoms with Crippen LogP contribution in [-0.2, 0) is 0 Å². The number of likely N-dealkylation sites (tertiary alicyclic amines) is 1. The molecule has 3 heteroatoms. The molecule has 0 spiro atoms. The topological polar surface area (TPSA) is 29.3 Å². The second kappa shape index (κ2) is 5.71. The molecular weight excluding hydrogens is 276 g/mol. The lowest BCUT2D eigenvalue weighted by molar-refractivity contribution is 0.136. The molecule has 3 unspecified atom stereocenters. The van der Waals surface area contributed by atoms with Gasteiger partial charge in [0, 0.05) is 23.3 Å². The maximum Gasteiger partial charge on any atom is 0.0487 e. The van der Waals surface area contributed by atoms with Crippen molar-refractivity contribution >= 4 is 21.4 Å². The van der Waals surface area contributed by atoms with Gasteiger partial charge in [0.1, 0.15) is 0 Å². The maximum absolute atomic E-state index is 6.22. The van der Waals surface area contributed by atoms with E-state index in [1.165, 1.54) is 54.3 Å². The van der Waals surface area contributed by atoms with Gasteiger partial charge in [-0.15, -0.1) is 11.3 Å². The van der Waals surface area contributed by atoms with Crippen molar-refractivity contribution in [2.45, 2.75) is 44.2 Å². The quantitative estimate of drug-likeness (QED) is 0.922. The van der Waals surface area contributed by atoms with Crippen molar-refractivity contribution in [2.75, 3.05) is 13.1 Å². The van der Waals surface area contributed by atoms with Crippen LogP contribution < -0.4 is 5.73 Å². The zero-order chi connectivity index (χ0) is 14.2. The fourth-order valence-electron chi connectivity index (χ4n) is 4.53. The van der Waals surface area contributed by atoms with Crippen molar-refractivity contribution in [2.24, 2.45) is 11.7 Å². The molecule has 1 aliphatic heterocycles. The van der Waals surface area contributed by atoms with Crippen LogP contribution in [0.25, 0.3) is 10.1 Å². The summed E-state index contributed by atoms with van der Waals surface area (Å²) in [6.45, 7) is 1.98. The predicted octanol–water partition coefficient (Wildman–Crippen LogP) is 4.17. The molecule has 2 nitrogen and oxygen atoms in total. The van der Waals surface area contributed by atoms with Crippen LogP contribution in [0, 0.1) is 5.92 Å². The van der Waals surface area contributed by atoms with Gasteiger partial charge in [-0.2, -0.15) is 0 Å². The van der Waals surface area contributed by atoms with Crippen LogP contribution in [0.15, 0.2) is 29.6 Å². The van der Waals surface area contributed by atoms with Crippen molar-refractivity contribution in [1.29, 1.82) is 0 Å². The van der Waals surface area contributed by atoms with E-state index in [4.69, 9.17) is 5.73 Å². The van der Waals surface area contributed by atoms with E-state index in [1.807, 2.05) is 11.3 Å². The van der Waals surface area contributed by atoms with Gasteiger partial charge in [0.15, 0.2) is 0 Å². The number of thiophene rings is 1. The summed E-state index contributed by atoms with van der Waals surface area (Å²) in [4.78, 5) is 2.73. The molecule has 2 N–H and O–H groups in total.